The number of carbonyl (C=O) groups is 2. The molecule has 2 fully saturated rings. The van der Waals surface area contributed by atoms with Crippen molar-refractivity contribution >= 4 is 11.8 Å². The molecule has 0 aromatic rings. The van der Waals surface area contributed by atoms with Gasteiger partial charge < -0.3 is 10.2 Å². The monoisotopic (exact) mass is 294 g/mol. The Labute approximate surface area is 128 Å². The molecular weight excluding hydrogens is 264 g/mol. The Morgan fingerprint density at radius 3 is 2.38 bits per heavy atom. The quantitative estimate of drug-likeness (QED) is 0.847. The van der Waals surface area contributed by atoms with Gasteiger partial charge in [0.2, 0.25) is 11.8 Å². The van der Waals surface area contributed by atoms with Crippen LogP contribution in [0, 0.1) is 11.8 Å². The van der Waals surface area contributed by atoms with E-state index in [0.29, 0.717) is 12.5 Å². The summed E-state index contributed by atoms with van der Waals surface area (Å²) < 4.78 is 0. The van der Waals surface area contributed by atoms with E-state index >= 15 is 0 Å². The third kappa shape index (κ3) is 3.09. The minimum absolute atomic E-state index is 0.0645. The normalized spacial score (nSPS) is 26.5. The molecule has 2 atom stereocenters. The Hall–Kier alpha value is -1.06. The van der Waals surface area contributed by atoms with E-state index in [1.54, 1.807) is 0 Å². The maximum absolute atomic E-state index is 13.0. The molecule has 21 heavy (non-hydrogen) atoms. The molecule has 1 aliphatic heterocycles. The van der Waals surface area contributed by atoms with Crippen LogP contribution < -0.4 is 5.32 Å². The summed E-state index contributed by atoms with van der Waals surface area (Å²) >= 11 is 0. The van der Waals surface area contributed by atoms with Crippen molar-refractivity contribution in [1.82, 2.24) is 10.2 Å². The Bertz CT molecular complexity index is 400. The molecule has 2 rings (SSSR count). The predicted octanol–water partition coefficient (Wildman–Crippen LogP) is 2.72. The molecule has 0 aromatic carbocycles. The molecular formula is C17H30N2O2. The summed E-state index contributed by atoms with van der Waals surface area (Å²) in [6.07, 6.45) is 5.57. The number of rotatable bonds is 5. The number of piperazine rings is 1. The van der Waals surface area contributed by atoms with Crippen LogP contribution in [0.4, 0.5) is 0 Å². The maximum atomic E-state index is 13.0. The largest absolute Gasteiger partial charge is 0.340 e. The molecule has 2 amide bonds. The molecule has 2 unspecified atom stereocenters. The molecule has 0 radical (unpaired) electrons. The number of hydrogen-bond acceptors (Lipinski definition) is 2. The highest BCUT2D eigenvalue weighted by atomic mass is 16.2. The van der Waals surface area contributed by atoms with E-state index in [9.17, 15) is 9.59 Å². The van der Waals surface area contributed by atoms with Gasteiger partial charge in [-0.25, -0.2) is 0 Å². The van der Waals surface area contributed by atoms with E-state index in [-0.39, 0.29) is 23.8 Å². The first-order valence-corrected chi connectivity index (χ1v) is 8.54. The average molecular weight is 294 g/mol. The Morgan fingerprint density at radius 1 is 1.24 bits per heavy atom. The predicted molar refractivity (Wildman–Crippen MR) is 83.8 cm³/mol. The lowest BCUT2D eigenvalue weighted by Crippen LogP contribution is -2.70. The highest BCUT2D eigenvalue weighted by Crippen LogP contribution is 2.36. The van der Waals surface area contributed by atoms with Crippen molar-refractivity contribution in [2.75, 3.05) is 6.54 Å². The Morgan fingerprint density at radius 2 is 1.86 bits per heavy atom. The fourth-order valence-corrected chi connectivity index (χ4v) is 3.65. The minimum atomic E-state index is -0.585. The van der Waals surface area contributed by atoms with Gasteiger partial charge in [-0.15, -0.1) is 0 Å². The van der Waals surface area contributed by atoms with Crippen LogP contribution in [-0.2, 0) is 9.59 Å². The van der Waals surface area contributed by atoms with Crippen molar-refractivity contribution in [1.29, 1.82) is 0 Å². The fourth-order valence-electron chi connectivity index (χ4n) is 3.65. The van der Waals surface area contributed by atoms with Gasteiger partial charge in [0, 0.05) is 6.54 Å². The second-order valence-electron chi connectivity index (χ2n) is 7.29. The van der Waals surface area contributed by atoms with Crippen molar-refractivity contribution in [2.45, 2.75) is 77.8 Å². The lowest BCUT2D eigenvalue weighted by molar-refractivity contribution is -0.157. The second kappa shape index (κ2) is 6.37. The fraction of sp³-hybridized carbons (Fsp3) is 0.882. The highest BCUT2D eigenvalue weighted by Gasteiger charge is 2.52. The van der Waals surface area contributed by atoms with Crippen molar-refractivity contribution in [3.05, 3.63) is 0 Å². The van der Waals surface area contributed by atoms with Gasteiger partial charge in [-0.2, -0.15) is 0 Å². The zero-order valence-corrected chi connectivity index (χ0v) is 13.9. The minimum Gasteiger partial charge on any atom is -0.340 e. The molecule has 2 aliphatic rings. The Balaban J connectivity index is 2.25. The molecule has 1 spiro atoms. The summed E-state index contributed by atoms with van der Waals surface area (Å²) in [5, 5.41) is 3.09. The van der Waals surface area contributed by atoms with E-state index in [0.717, 1.165) is 38.5 Å². The second-order valence-corrected chi connectivity index (χ2v) is 7.29. The van der Waals surface area contributed by atoms with Crippen LogP contribution >= 0.6 is 0 Å². The zero-order valence-electron chi connectivity index (χ0n) is 13.9. The molecule has 1 saturated carbocycles. The van der Waals surface area contributed by atoms with Crippen molar-refractivity contribution in [3.8, 4) is 0 Å². The number of nitrogens with one attached hydrogen (secondary N) is 1. The van der Waals surface area contributed by atoms with Gasteiger partial charge in [-0.1, -0.05) is 47.0 Å². The molecule has 1 heterocycles. The smallest absolute Gasteiger partial charge is 0.249 e. The van der Waals surface area contributed by atoms with Gasteiger partial charge in [0.15, 0.2) is 0 Å². The van der Waals surface area contributed by atoms with Gasteiger partial charge >= 0.3 is 0 Å². The third-order valence-corrected chi connectivity index (χ3v) is 5.22. The van der Waals surface area contributed by atoms with Crippen LogP contribution in [0.25, 0.3) is 0 Å². The lowest BCUT2D eigenvalue weighted by Gasteiger charge is -2.46. The first-order valence-electron chi connectivity index (χ1n) is 8.54. The number of carbonyl (C=O) groups excluding carboxylic acids is 2. The standard InChI is InChI=1S/C17H30N2O2/c1-5-13(4)14-15(20)18-17(9-6-7-10-17)16(21)19(14)11-8-12(2)3/h12-14H,5-11H2,1-4H3,(H,18,20). The molecule has 0 bridgehead atoms. The molecule has 120 valence electrons. The van der Waals surface area contributed by atoms with Gasteiger partial charge in [0.05, 0.1) is 0 Å². The first-order chi connectivity index (χ1) is 9.91. The summed E-state index contributed by atoms with van der Waals surface area (Å²) in [5.74, 6) is 0.986. The van der Waals surface area contributed by atoms with E-state index in [1.165, 1.54) is 0 Å². The molecule has 4 heteroatoms. The van der Waals surface area contributed by atoms with Crippen LogP contribution in [0.3, 0.4) is 0 Å². The van der Waals surface area contributed by atoms with Crippen molar-refractivity contribution in [2.24, 2.45) is 11.8 Å². The number of amides is 2. The maximum Gasteiger partial charge on any atom is 0.249 e. The Kier molecular flexibility index (Phi) is 4.95. The number of nitrogens with zero attached hydrogens (tertiary/aromatic N) is 1. The summed E-state index contributed by atoms with van der Waals surface area (Å²) in [6, 6.07) is -0.285. The molecule has 1 aliphatic carbocycles. The molecule has 1 N–H and O–H groups in total. The first kappa shape index (κ1) is 16.3. The summed E-state index contributed by atoms with van der Waals surface area (Å²) in [6.45, 7) is 9.20. The summed E-state index contributed by atoms with van der Waals surface area (Å²) in [7, 11) is 0. The summed E-state index contributed by atoms with van der Waals surface area (Å²) in [5.41, 5.74) is -0.585. The topological polar surface area (TPSA) is 49.4 Å². The third-order valence-electron chi connectivity index (χ3n) is 5.22. The van der Waals surface area contributed by atoms with Gasteiger partial charge in [0.25, 0.3) is 0 Å². The van der Waals surface area contributed by atoms with Gasteiger partial charge in [0.1, 0.15) is 11.6 Å². The van der Waals surface area contributed by atoms with Crippen LogP contribution in [0.15, 0.2) is 0 Å². The van der Waals surface area contributed by atoms with Crippen molar-refractivity contribution < 1.29 is 9.59 Å². The van der Waals surface area contributed by atoms with Gasteiger partial charge in [-0.05, 0) is 31.1 Å². The molecule has 1 saturated heterocycles. The van der Waals surface area contributed by atoms with E-state index in [1.807, 2.05) is 4.90 Å². The SMILES string of the molecule is CCC(C)C1C(=O)NC2(CCCC2)C(=O)N1CCC(C)C. The van der Waals surface area contributed by atoms with E-state index in [4.69, 9.17) is 0 Å². The molecule has 4 nitrogen and oxygen atoms in total. The van der Waals surface area contributed by atoms with E-state index in [2.05, 4.69) is 33.0 Å². The average Bonchev–Trinajstić information content (AvgIpc) is 2.89. The van der Waals surface area contributed by atoms with Crippen LogP contribution in [0.1, 0.15) is 66.2 Å². The van der Waals surface area contributed by atoms with Crippen molar-refractivity contribution in [3.63, 3.8) is 0 Å². The highest BCUT2D eigenvalue weighted by molar-refractivity contribution is 6.00. The zero-order chi connectivity index (χ0) is 15.6. The summed E-state index contributed by atoms with van der Waals surface area (Å²) in [4.78, 5) is 27.6. The number of hydrogen-bond donors (Lipinski definition) is 1. The van der Waals surface area contributed by atoms with Crippen LogP contribution in [0.2, 0.25) is 0 Å². The van der Waals surface area contributed by atoms with Gasteiger partial charge in [-0.3, -0.25) is 9.59 Å². The molecule has 0 aromatic heterocycles. The van der Waals surface area contributed by atoms with Crippen LogP contribution in [0.5, 0.6) is 0 Å². The van der Waals surface area contributed by atoms with E-state index < -0.39 is 5.54 Å². The van der Waals surface area contributed by atoms with Crippen LogP contribution in [-0.4, -0.2) is 34.8 Å². The lowest BCUT2D eigenvalue weighted by atomic mass is 9.86.